The van der Waals surface area contributed by atoms with E-state index >= 15 is 0 Å². The first kappa shape index (κ1) is 24.2. The highest BCUT2D eigenvalue weighted by molar-refractivity contribution is 5.24. The van der Waals surface area contributed by atoms with Crippen LogP contribution in [0.4, 0.5) is 0 Å². The second-order valence-corrected chi connectivity index (χ2v) is 15.9. The molecule has 0 amide bonds. The Morgan fingerprint density at radius 1 is 0.706 bits per heavy atom. The Balaban J connectivity index is 1.36. The Labute approximate surface area is 209 Å². The van der Waals surface area contributed by atoms with Gasteiger partial charge in [-0.1, -0.05) is 48.5 Å². The minimum Gasteiger partial charge on any atom is -0.393 e. The van der Waals surface area contributed by atoms with Gasteiger partial charge in [-0.2, -0.15) is 0 Å². The first-order valence-corrected chi connectivity index (χ1v) is 14.6. The average molecular weight is 473 g/mol. The number of ether oxygens (including phenoxy) is 2. The van der Waals surface area contributed by atoms with E-state index in [2.05, 4.69) is 48.5 Å². The van der Waals surface area contributed by atoms with E-state index in [9.17, 15) is 5.11 Å². The molecular weight excluding hydrogens is 420 g/mol. The lowest BCUT2D eigenvalue weighted by atomic mass is 9.41. The second kappa shape index (κ2) is 7.04. The van der Waals surface area contributed by atoms with Gasteiger partial charge in [0.25, 0.3) is 0 Å². The molecule has 0 aromatic carbocycles. The molecule has 1 aliphatic heterocycles. The van der Waals surface area contributed by atoms with Gasteiger partial charge in [-0.05, 0) is 115 Å². The molecule has 5 aliphatic carbocycles. The molecule has 1 heterocycles. The Bertz CT molecular complexity index is 850. The Morgan fingerprint density at radius 2 is 1.35 bits per heavy atom. The highest BCUT2D eigenvalue weighted by atomic mass is 16.6. The van der Waals surface area contributed by atoms with Crippen LogP contribution in [0.2, 0.25) is 0 Å². The van der Waals surface area contributed by atoms with Crippen molar-refractivity contribution in [3.8, 4) is 0 Å². The van der Waals surface area contributed by atoms with Crippen LogP contribution in [-0.4, -0.2) is 36.1 Å². The smallest absolute Gasteiger partial charge is 0.0987 e. The minimum absolute atomic E-state index is 0.00624. The van der Waals surface area contributed by atoms with Crippen molar-refractivity contribution in [3.63, 3.8) is 0 Å². The highest BCUT2D eigenvalue weighted by Gasteiger charge is 2.76. The molecule has 3 nitrogen and oxygen atoms in total. The predicted octanol–water partition coefficient (Wildman–Crippen LogP) is 7.01. The molecule has 34 heavy (non-hydrogen) atoms. The average Bonchev–Trinajstić information content (AvgIpc) is 3.46. The molecule has 5 saturated carbocycles. The van der Waals surface area contributed by atoms with Crippen LogP contribution in [0.25, 0.3) is 0 Å². The number of hydrogen-bond donors (Lipinski definition) is 1. The van der Waals surface area contributed by atoms with Crippen molar-refractivity contribution in [2.24, 2.45) is 50.7 Å². The normalized spacial score (nSPS) is 59.4. The van der Waals surface area contributed by atoms with Crippen LogP contribution in [0.3, 0.4) is 0 Å². The van der Waals surface area contributed by atoms with Crippen LogP contribution in [0.1, 0.15) is 113 Å². The van der Waals surface area contributed by atoms with Gasteiger partial charge in [-0.3, -0.25) is 0 Å². The van der Waals surface area contributed by atoms with Gasteiger partial charge in [0.1, 0.15) is 0 Å². The topological polar surface area (TPSA) is 42.0 Å². The molecule has 11 atom stereocenters. The van der Waals surface area contributed by atoms with Crippen molar-refractivity contribution in [2.75, 3.05) is 7.11 Å². The zero-order chi connectivity index (χ0) is 24.5. The van der Waals surface area contributed by atoms with Gasteiger partial charge in [0.05, 0.1) is 23.9 Å². The summed E-state index contributed by atoms with van der Waals surface area (Å²) in [5.41, 5.74) is 1.45. The van der Waals surface area contributed by atoms with E-state index in [0.29, 0.717) is 40.3 Å². The summed E-state index contributed by atoms with van der Waals surface area (Å²) >= 11 is 0. The molecule has 1 saturated heterocycles. The number of hydrogen-bond acceptors (Lipinski definition) is 3. The largest absolute Gasteiger partial charge is 0.393 e. The van der Waals surface area contributed by atoms with E-state index in [-0.39, 0.29) is 22.5 Å². The second-order valence-electron chi connectivity index (χ2n) is 15.9. The first-order chi connectivity index (χ1) is 15.8. The number of rotatable bonds is 1. The summed E-state index contributed by atoms with van der Waals surface area (Å²) in [4.78, 5) is 0. The van der Waals surface area contributed by atoms with E-state index in [1.54, 1.807) is 0 Å². The van der Waals surface area contributed by atoms with Crippen molar-refractivity contribution >= 4 is 0 Å². The van der Waals surface area contributed by atoms with Gasteiger partial charge in [0.15, 0.2) is 0 Å². The fourth-order valence-electron chi connectivity index (χ4n) is 12.4. The standard InChI is InChI=1S/C31H52O3/c1-26(2)22-17-25-31(34-25)18-28(5)14-11-19-27(3,4)24(33-8)13-16-29(19,6)20(28)9-10-21(31)30(22,7)15-12-23(26)32/h19-25,32H,9-18H2,1-8H3/t19-,20+,21+,22+,23-,24+,25-,28+,29+,30-,31+/m1/s1. The first-order valence-electron chi connectivity index (χ1n) is 14.6. The highest BCUT2D eigenvalue weighted by Crippen LogP contribution is 2.76. The van der Waals surface area contributed by atoms with Crippen LogP contribution >= 0.6 is 0 Å². The molecule has 0 unspecified atom stereocenters. The Hall–Kier alpha value is -0.120. The molecule has 0 bridgehead atoms. The van der Waals surface area contributed by atoms with Crippen molar-refractivity contribution in [2.45, 2.75) is 137 Å². The third-order valence-corrected chi connectivity index (χ3v) is 14.0. The molecular formula is C31H52O3. The maximum absolute atomic E-state index is 11.0. The maximum Gasteiger partial charge on any atom is 0.0987 e. The van der Waals surface area contributed by atoms with Crippen molar-refractivity contribution in [1.82, 2.24) is 0 Å². The zero-order valence-corrected chi connectivity index (χ0v) is 23.4. The van der Waals surface area contributed by atoms with Crippen LogP contribution in [0.5, 0.6) is 0 Å². The van der Waals surface area contributed by atoms with E-state index in [4.69, 9.17) is 9.47 Å². The third kappa shape index (κ3) is 2.82. The monoisotopic (exact) mass is 472 g/mol. The van der Waals surface area contributed by atoms with Gasteiger partial charge >= 0.3 is 0 Å². The summed E-state index contributed by atoms with van der Waals surface area (Å²) in [6.45, 7) is 17.6. The van der Waals surface area contributed by atoms with Crippen LogP contribution in [0, 0.1) is 50.7 Å². The SMILES string of the molecule is CO[C@H]1CC[C@@]2(C)[C@H](CC[C@@]3(C)C[C@@]45O[C@@H]4C[C@H]4C(C)(C)[C@H](O)CC[C@]4(C)[C@@H]5CC[C@@H]32)C1(C)C. The van der Waals surface area contributed by atoms with Crippen molar-refractivity contribution < 1.29 is 14.6 Å². The van der Waals surface area contributed by atoms with Gasteiger partial charge in [0.2, 0.25) is 0 Å². The van der Waals surface area contributed by atoms with Gasteiger partial charge in [0, 0.05) is 7.11 Å². The van der Waals surface area contributed by atoms with E-state index < -0.39 is 0 Å². The third-order valence-electron chi connectivity index (χ3n) is 14.0. The maximum atomic E-state index is 11.0. The van der Waals surface area contributed by atoms with Crippen LogP contribution < -0.4 is 0 Å². The number of epoxide rings is 1. The number of methoxy groups -OCH3 is 1. The Kier molecular flexibility index (Phi) is 5.02. The summed E-state index contributed by atoms with van der Waals surface area (Å²) in [7, 11) is 1.93. The lowest BCUT2D eigenvalue weighted by Crippen LogP contribution is -2.60. The molecule has 6 aliphatic rings. The van der Waals surface area contributed by atoms with Crippen LogP contribution in [-0.2, 0) is 9.47 Å². The summed E-state index contributed by atoms with van der Waals surface area (Å²) < 4.78 is 12.9. The number of fused-ring (bicyclic) bond motifs is 5. The van der Waals surface area contributed by atoms with Gasteiger partial charge < -0.3 is 14.6 Å². The molecule has 0 radical (unpaired) electrons. The molecule has 3 heteroatoms. The molecule has 1 spiro atoms. The summed E-state index contributed by atoms with van der Waals surface area (Å²) in [5, 5.41) is 11.0. The molecule has 194 valence electrons. The van der Waals surface area contributed by atoms with Crippen molar-refractivity contribution in [1.29, 1.82) is 0 Å². The van der Waals surface area contributed by atoms with E-state index in [0.717, 1.165) is 18.3 Å². The minimum atomic E-state index is -0.166. The lowest BCUT2D eigenvalue weighted by molar-refractivity contribution is -0.180. The summed E-state index contributed by atoms with van der Waals surface area (Å²) in [6, 6.07) is 0. The lowest BCUT2D eigenvalue weighted by Gasteiger charge is -2.64. The van der Waals surface area contributed by atoms with Gasteiger partial charge in [-0.15, -0.1) is 0 Å². The van der Waals surface area contributed by atoms with E-state index in [1.807, 2.05) is 7.11 Å². The van der Waals surface area contributed by atoms with Crippen molar-refractivity contribution in [3.05, 3.63) is 0 Å². The molecule has 0 aromatic heterocycles. The molecule has 6 rings (SSSR count). The predicted molar refractivity (Wildman–Crippen MR) is 136 cm³/mol. The fourth-order valence-corrected chi connectivity index (χ4v) is 12.4. The van der Waals surface area contributed by atoms with Crippen LogP contribution in [0.15, 0.2) is 0 Å². The summed E-state index contributed by atoms with van der Waals surface area (Å²) in [5.74, 6) is 2.76. The molecule has 1 N–H and O–H groups in total. The van der Waals surface area contributed by atoms with E-state index in [1.165, 1.54) is 57.8 Å². The van der Waals surface area contributed by atoms with Gasteiger partial charge in [-0.25, -0.2) is 0 Å². The quantitative estimate of drug-likeness (QED) is 0.418. The zero-order valence-electron chi connectivity index (χ0n) is 23.4. The molecule has 6 fully saturated rings. The molecule has 0 aromatic rings. The number of aliphatic hydroxyl groups is 1. The fraction of sp³-hybridized carbons (Fsp3) is 1.00. The Morgan fingerprint density at radius 3 is 2.06 bits per heavy atom. The number of aliphatic hydroxyl groups excluding tert-OH is 1. The summed E-state index contributed by atoms with van der Waals surface area (Å²) in [6.07, 6.45) is 13.2.